The van der Waals surface area contributed by atoms with Crippen molar-refractivity contribution in [3.63, 3.8) is 0 Å². The molecule has 0 saturated heterocycles. The van der Waals surface area contributed by atoms with Crippen LogP contribution in [-0.4, -0.2) is 11.6 Å². The number of carbonyl (C=O) groups excluding carboxylic acids is 2. The molecule has 0 fully saturated rings. The lowest BCUT2D eigenvalue weighted by molar-refractivity contribution is -0.118. The minimum absolute atomic E-state index is 0.156. The summed E-state index contributed by atoms with van der Waals surface area (Å²) in [5, 5.41) is 1.89. The molecule has 0 bridgehead atoms. The van der Waals surface area contributed by atoms with Gasteiger partial charge in [-0.3, -0.25) is 9.59 Å². The lowest BCUT2D eigenvalue weighted by Crippen LogP contribution is -2.00. The first-order valence-corrected chi connectivity index (χ1v) is 6.11. The molecule has 0 spiro atoms. The van der Waals surface area contributed by atoms with E-state index in [2.05, 4.69) is 0 Å². The van der Waals surface area contributed by atoms with Gasteiger partial charge in [-0.05, 0) is 19.4 Å². The molecule has 0 N–H and O–H groups in total. The molecule has 1 aromatic heterocycles. The topological polar surface area (TPSA) is 34.1 Å². The molecular formula is C12H16O2S. The monoisotopic (exact) mass is 224 g/mol. The van der Waals surface area contributed by atoms with Gasteiger partial charge in [0.25, 0.3) is 0 Å². The number of rotatable bonds is 6. The fraction of sp³-hybridized carbons (Fsp3) is 0.500. The highest BCUT2D eigenvalue weighted by Crippen LogP contribution is 2.15. The van der Waals surface area contributed by atoms with E-state index < -0.39 is 0 Å². The van der Waals surface area contributed by atoms with Crippen molar-refractivity contribution >= 4 is 22.9 Å². The van der Waals surface area contributed by atoms with Gasteiger partial charge in [-0.25, -0.2) is 0 Å². The van der Waals surface area contributed by atoms with Crippen LogP contribution in [0.3, 0.4) is 0 Å². The molecule has 0 atom stereocenters. The third-order valence-corrected chi connectivity index (χ3v) is 3.17. The van der Waals surface area contributed by atoms with Gasteiger partial charge in [-0.2, -0.15) is 0 Å². The number of thiophene rings is 1. The van der Waals surface area contributed by atoms with Gasteiger partial charge < -0.3 is 0 Å². The average Bonchev–Trinajstić information content (AvgIpc) is 2.64. The SMILES string of the molecule is CCC(=O)CCCC(=O)c1csc(C)c1. The van der Waals surface area contributed by atoms with Crippen molar-refractivity contribution in [1.29, 1.82) is 0 Å². The summed E-state index contributed by atoms with van der Waals surface area (Å²) in [6.45, 7) is 3.84. The molecule has 0 aliphatic rings. The molecule has 0 radical (unpaired) electrons. The summed E-state index contributed by atoms with van der Waals surface area (Å²) in [4.78, 5) is 23.8. The normalized spacial score (nSPS) is 10.3. The van der Waals surface area contributed by atoms with Crippen molar-refractivity contribution in [2.75, 3.05) is 0 Å². The number of ketones is 2. The van der Waals surface area contributed by atoms with Crippen LogP contribution in [0.4, 0.5) is 0 Å². The zero-order chi connectivity index (χ0) is 11.3. The molecule has 1 rings (SSSR count). The molecule has 1 aromatic rings. The van der Waals surface area contributed by atoms with Gasteiger partial charge in [0, 0.05) is 35.1 Å². The number of hydrogen-bond donors (Lipinski definition) is 0. The number of Topliss-reactive ketones (excluding diaryl/α,β-unsaturated/α-hetero) is 2. The maximum Gasteiger partial charge on any atom is 0.163 e. The molecule has 0 saturated carbocycles. The van der Waals surface area contributed by atoms with E-state index in [9.17, 15) is 9.59 Å². The largest absolute Gasteiger partial charge is 0.300 e. The van der Waals surface area contributed by atoms with Crippen LogP contribution in [0.1, 0.15) is 47.8 Å². The van der Waals surface area contributed by atoms with E-state index in [0.717, 1.165) is 10.4 Å². The van der Waals surface area contributed by atoms with Crippen LogP contribution in [0.25, 0.3) is 0 Å². The van der Waals surface area contributed by atoms with Crippen molar-refractivity contribution in [3.05, 3.63) is 21.9 Å². The van der Waals surface area contributed by atoms with Crippen LogP contribution < -0.4 is 0 Å². The first-order chi connectivity index (χ1) is 7.13. The van der Waals surface area contributed by atoms with E-state index in [1.807, 2.05) is 25.3 Å². The molecule has 0 amide bonds. The van der Waals surface area contributed by atoms with Crippen molar-refractivity contribution in [2.24, 2.45) is 0 Å². The van der Waals surface area contributed by atoms with E-state index in [1.54, 1.807) is 11.3 Å². The lowest BCUT2D eigenvalue weighted by Gasteiger charge is -1.97. The summed E-state index contributed by atoms with van der Waals surface area (Å²) in [7, 11) is 0. The minimum Gasteiger partial charge on any atom is -0.300 e. The third kappa shape index (κ3) is 3.96. The summed E-state index contributed by atoms with van der Waals surface area (Å²) in [6.07, 6.45) is 2.28. The Kier molecular flexibility index (Phi) is 4.69. The second kappa shape index (κ2) is 5.81. The predicted molar refractivity (Wildman–Crippen MR) is 62.5 cm³/mol. The Morgan fingerprint density at radius 3 is 2.60 bits per heavy atom. The Labute approximate surface area is 94.3 Å². The van der Waals surface area contributed by atoms with Gasteiger partial charge in [0.1, 0.15) is 5.78 Å². The van der Waals surface area contributed by atoms with Crippen LogP contribution in [-0.2, 0) is 4.79 Å². The first kappa shape index (κ1) is 12.1. The molecule has 0 unspecified atom stereocenters. The van der Waals surface area contributed by atoms with Crippen LogP contribution in [0.15, 0.2) is 11.4 Å². The molecule has 1 heterocycles. The van der Waals surface area contributed by atoms with Gasteiger partial charge in [0.2, 0.25) is 0 Å². The summed E-state index contributed by atoms with van der Waals surface area (Å²) in [5.41, 5.74) is 0.793. The maximum absolute atomic E-state index is 11.6. The Hall–Kier alpha value is -0.960. The molecule has 0 aromatic carbocycles. The van der Waals surface area contributed by atoms with E-state index in [-0.39, 0.29) is 11.6 Å². The summed E-state index contributed by atoms with van der Waals surface area (Å²) >= 11 is 1.59. The van der Waals surface area contributed by atoms with E-state index in [0.29, 0.717) is 25.7 Å². The van der Waals surface area contributed by atoms with E-state index in [4.69, 9.17) is 0 Å². The van der Waals surface area contributed by atoms with Crippen molar-refractivity contribution in [1.82, 2.24) is 0 Å². The van der Waals surface area contributed by atoms with Crippen LogP contribution in [0.2, 0.25) is 0 Å². The lowest BCUT2D eigenvalue weighted by atomic mass is 10.1. The van der Waals surface area contributed by atoms with Crippen molar-refractivity contribution in [3.8, 4) is 0 Å². The highest BCUT2D eigenvalue weighted by molar-refractivity contribution is 7.10. The molecule has 0 aliphatic carbocycles. The molecule has 0 aliphatic heterocycles. The highest BCUT2D eigenvalue weighted by Gasteiger charge is 2.08. The molecular weight excluding hydrogens is 208 g/mol. The van der Waals surface area contributed by atoms with E-state index in [1.165, 1.54) is 0 Å². The van der Waals surface area contributed by atoms with Crippen molar-refractivity contribution < 1.29 is 9.59 Å². The van der Waals surface area contributed by atoms with Crippen LogP contribution in [0, 0.1) is 6.92 Å². The Bertz CT molecular complexity index is 352. The van der Waals surface area contributed by atoms with Gasteiger partial charge in [0.05, 0.1) is 0 Å². The summed E-state index contributed by atoms with van der Waals surface area (Å²) in [5.74, 6) is 0.396. The molecule has 2 nitrogen and oxygen atoms in total. The zero-order valence-electron chi connectivity index (χ0n) is 9.21. The van der Waals surface area contributed by atoms with Gasteiger partial charge in [-0.1, -0.05) is 6.92 Å². The van der Waals surface area contributed by atoms with E-state index >= 15 is 0 Å². The summed E-state index contributed by atoms with van der Waals surface area (Å²) in [6, 6.07) is 1.91. The molecule has 82 valence electrons. The number of hydrogen-bond acceptors (Lipinski definition) is 3. The third-order valence-electron chi connectivity index (χ3n) is 2.31. The van der Waals surface area contributed by atoms with Crippen LogP contribution >= 0.6 is 11.3 Å². The second-order valence-corrected chi connectivity index (χ2v) is 4.73. The quantitative estimate of drug-likeness (QED) is 0.694. The maximum atomic E-state index is 11.6. The summed E-state index contributed by atoms with van der Waals surface area (Å²) < 4.78 is 0. The second-order valence-electron chi connectivity index (χ2n) is 3.61. The van der Waals surface area contributed by atoms with Crippen LogP contribution in [0.5, 0.6) is 0 Å². The first-order valence-electron chi connectivity index (χ1n) is 5.23. The van der Waals surface area contributed by atoms with Gasteiger partial charge in [0.15, 0.2) is 5.78 Å². The fourth-order valence-corrected chi connectivity index (χ4v) is 2.06. The zero-order valence-corrected chi connectivity index (χ0v) is 10.0. The predicted octanol–water partition coefficient (Wildman–Crippen LogP) is 3.39. The minimum atomic E-state index is 0.156. The highest BCUT2D eigenvalue weighted by atomic mass is 32.1. The Balaban J connectivity index is 2.34. The Morgan fingerprint density at radius 1 is 1.33 bits per heavy atom. The number of carbonyl (C=O) groups is 2. The molecule has 15 heavy (non-hydrogen) atoms. The number of aryl methyl sites for hydroxylation is 1. The Morgan fingerprint density at radius 2 is 2.07 bits per heavy atom. The van der Waals surface area contributed by atoms with Gasteiger partial charge in [-0.15, -0.1) is 11.3 Å². The van der Waals surface area contributed by atoms with Gasteiger partial charge >= 0.3 is 0 Å². The standard InChI is InChI=1S/C12H16O2S/c1-3-11(13)5-4-6-12(14)10-7-9(2)15-8-10/h7-8H,3-6H2,1-2H3. The van der Waals surface area contributed by atoms with Crippen molar-refractivity contribution in [2.45, 2.75) is 39.5 Å². The smallest absolute Gasteiger partial charge is 0.163 e. The fourth-order valence-electron chi connectivity index (χ4n) is 1.36. The average molecular weight is 224 g/mol. The molecule has 3 heteroatoms.